The van der Waals surface area contributed by atoms with Crippen LogP contribution in [-0.4, -0.2) is 15.0 Å². The molecule has 1 aliphatic rings. The van der Waals surface area contributed by atoms with Crippen molar-refractivity contribution in [3.8, 4) is 0 Å². The first-order chi connectivity index (χ1) is 5.29. The first-order valence-electron chi connectivity index (χ1n) is 3.25. The number of nitrogens with one attached hydrogen (secondary N) is 1. The Balaban J connectivity index is 2.57. The summed E-state index contributed by atoms with van der Waals surface area (Å²) in [7, 11) is 1.84. The topological polar surface area (TPSA) is 42.7 Å². The van der Waals surface area contributed by atoms with Crippen LogP contribution in [0, 0.1) is 0 Å². The van der Waals surface area contributed by atoms with Gasteiger partial charge in [0.1, 0.15) is 11.2 Å². The summed E-state index contributed by atoms with van der Waals surface area (Å²) in [5.41, 5.74) is 1.50. The van der Waals surface area contributed by atoms with Crippen molar-refractivity contribution in [2.24, 2.45) is 7.05 Å². The molecule has 4 nitrogen and oxygen atoms in total. The molecular formula is C6H7ClN4. The zero-order valence-electron chi connectivity index (χ0n) is 5.95. The van der Waals surface area contributed by atoms with Crippen molar-refractivity contribution >= 4 is 17.7 Å². The summed E-state index contributed by atoms with van der Waals surface area (Å²) in [5.74, 6) is 0. The van der Waals surface area contributed by atoms with Crippen molar-refractivity contribution in [2.45, 2.75) is 5.50 Å². The maximum absolute atomic E-state index is 5.88. The molecule has 0 fully saturated rings. The molecule has 0 saturated heterocycles. The Kier molecular flexibility index (Phi) is 1.35. The number of hydrogen-bond acceptors (Lipinski definition) is 3. The van der Waals surface area contributed by atoms with Crippen LogP contribution in [-0.2, 0) is 7.05 Å². The number of nitrogens with zero attached hydrogens (tertiary/aromatic N) is 3. The number of fused-ring (bicyclic) bond motifs is 1. The molecule has 0 aromatic carbocycles. The van der Waals surface area contributed by atoms with Gasteiger partial charge in [0.25, 0.3) is 0 Å². The van der Waals surface area contributed by atoms with Gasteiger partial charge in [-0.25, -0.2) is 4.68 Å². The number of hydrogen-bond donors (Lipinski definition) is 1. The molecule has 5 heteroatoms. The molecule has 0 spiro atoms. The van der Waals surface area contributed by atoms with Gasteiger partial charge in [0.15, 0.2) is 0 Å². The first-order valence-corrected chi connectivity index (χ1v) is 3.69. The highest BCUT2D eigenvalue weighted by atomic mass is 35.5. The zero-order valence-corrected chi connectivity index (χ0v) is 6.71. The molecule has 0 amide bonds. The molecule has 2 rings (SSSR count). The summed E-state index contributed by atoms with van der Waals surface area (Å²) in [6.45, 7) is 0. The molecule has 0 saturated carbocycles. The van der Waals surface area contributed by atoms with Gasteiger partial charge in [-0.3, -0.25) is 0 Å². The van der Waals surface area contributed by atoms with E-state index in [0.717, 1.165) is 11.4 Å². The summed E-state index contributed by atoms with van der Waals surface area (Å²) in [6, 6.07) is 0. The van der Waals surface area contributed by atoms with Gasteiger partial charge in [0, 0.05) is 13.2 Å². The van der Waals surface area contributed by atoms with E-state index in [4.69, 9.17) is 11.6 Å². The van der Waals surface area contributed by atoms with Crippen molar-refractivity contribution in [3.63, 3.8) is 0 Å². The van der Waals surface area contributed by atoms with E-state index in [1.165, 1.54) is 0 Å². The highest BCUT2D eigenvalue weighted by molar-refractivity contribution is 6.20. The van der Waals surface area contributed by atoms with Gasteiger partial charge in [0.2, 0.25) is 0 Å². The van der Waals surface area contributed by atoms with Crippen LogP contribution in [0.1, 0.15) is 16.9 Å². The number of aromatic nitrogens is 3. The van der Waals surface area contributed by atoms with Crippen molar-refractivity contribution in [1.29, 1.82) is 0 Å². The van der Waals surface area contributed by atoms with E-state index < -0.39 is 0 Å². The highest BCUT2D eigenvalue weighted by Crippen LogP contribution is 2.22. The number of rotatable bonds is 0. The Bertz CT molecular complexity index is 304. The van der Waals surface area contributed by atoms with Crippen molar-refractivity contribution in [3.05, 3.63) is 17.6 Å². The zero-order chi connectivity index (χ0) is 7.84. The summed E-state index contributed by atoms with van der Waals surface area (Å²) < 4.78 is 1.70. The van der Waals surface area contributed by atoms with E-state index in [9.17, 15) is 0 Å². The molecule has 1 aromatic rings. The van der Waals surface area contributed by atoms with E-state index in [-0.39, 0.29) is 5.50 Å². The molecule has 0 bridgehead atoms. The molecule has 58 valence electrons. The molecular weight excluding hydrogens is 164 g/mol. The standard InChI is InChI=1S/C6H7ClN4/c1-11-4-2-3-8-6(7)5(4)9-10-11/h2-3,6,8H,1H3. The molecule has 1 unspecified atom stereocenters. The Labute approximate surface area is 68.8 Å². The van der Waals surface area contributed by atoms with Crippen LogP contribution in [0.4, 0.5) is 0 Å². The predicted octanol–water partition coefficient (Wildman–Crippen LogP) is 0.626. The van der Waals surface area contributed by atoms with Gasteiger partial charge in [-0.15, -0.1) is 5.10 Å². The second-order valence-corrected chi connectivity index (χ2v) is 2.78. The molecule has 1 atom stereocenters. The van der Waals surface area contributed by atoms with E-state index in [1.54, 1.807) is 10.9 Å². The van der Waals surface area contributed by atoms with Gasteiger partial charge in [-0.2, -0.15) is 0 Å². The van der Waals surface area contributed by atoms with Crippen LogP contribution in [0.3, 0.4) is 0 Å². The number of alkyl halides is 1. The molecule has 1 N–H and O–H groups in total. The quantitative estimate of drug-likeness (QED) is 0.459. The number of halogens is 1. The van der Waals surface area contributed by atoms with Crippen LogP contribution in [0.2, 0.25) is 0 Å². The summed E-state index contributed by atoms with van der Waals surface area (Å²) in [6.07, 6.45) is 3.69. The SMILES string of the molecule is Cn1nnc2c1C=CNC2Cl. The summed E-state index contributed by atoms with van der Waals surface area (Å²) in [5, 5.41) is 10.7. The monoisotopic (exact) mass is 170 g/mol. The minimum atomic E-state index is -0.247. The second-order valence-electron chi connectivity index (χ2n) is 2.35. The van der Waals surface area contributed by atoms with Crippen molar-refractivity contribution in [2.75, 3.05) is 0 Å². The van der Waals surface area contributed by atoms with Gasteiger partial charge < -0.3 is 5.32 Å². The average Bonchev–Trinajstić information content (AvgIpc) is 2.35. The Hall–Kier alpha value is -1.03. The Morgan fingerprint density at radius 1 is 1.73 bits per heavy atom. The van der Waals surface area contributed by atoms with Crippen LogP contribution in [0.25, 0.3) is 6.08 Å². The second kappa shape index (κ2) is 2.23. The minimum Gasteiger partial charge on any atom is -0.370 e. The van der Waals surface area contributed by atoms with Gasteiger partial charge in [0.05, 0.1) is 5.69 Å². The van der Waals surface area contributed by atoms with Crippen molar-refractivity contribution in [1.82, 2.24) is 20.3 Å². The fourth-order valence-corrected chi connectivity index (χ4v) is 1.27. The van der Waals surface area contributed by atoms with Gasteiger partial charge in [-0.1, -0.05) is 16.8 Å². The molecule has 2 heterocycles. The van der Waals surface area contributed by atoms with Crippen LogP contribution >= 0.6 is 11.6 Å². The normalized spacial score (nSPS) is 21.1. The third-order valence-electron chi connectivity index (χ3n) is 1.62. The molecule has 1 aliphatic heterocycles. The largest absolute Gasteiger partial charge is 0.370 e. The van der Waals surface area contributed by atoms with E-state index in [0.29, 0.717) is 0 Å². The van der Waals surface area contributed by atoms with Crippen molar-refractivity contribution < 1.29 is 0 Å². The van der Waals surface area contributed by atoms with E-state index in [1.807, 2.05) is 13.1 Å². The first kappa shape index (κ1) is 6.67. The summed E-state index contributed by atoms with van der Waals surface area (Å²) in [4.78, 5) is 0. The third-order valence-corrected chi connectivity index (χ3v) is 1.95. The fraction of sp³-hybridized carbons (Fsp3) is 0.333. The number of aryl methyl sites for hydroxylation is 1. The van der Waals surface area contributed by atoms with E-state index in [2.05, 4.69) is 15.6 Å². The lowest BCUT2D eigenvalue weighted by Crippen LogP contribution is -2.14. The minimum absolute atomic E-state index is 0.247. The van der Waals surface area contributed by atoms with Gasteiger partial charge >= 0.3 is 0 Å². The smallest absolute Gasteiger partial charge is 0.148 e. The molecule has 1 aromatic heterocycles. The Morgan fingerprint density at radius 2 is 2.55 bits per heavy atom. The summed E-state index contributed by atoms with van der Waals surface area (Å²) >= 11 is 5.88. The lowest BCUT2D eigenvalue weighted by molar-refractivity contribution is 0.708. The molecule has 0 aliphatic carbocycles. The lowest BCUT2D eigenvalue weighted by Gasteiger charge is -2.11. The van der Waals surface area contributed by atoms with Crippen LogP contribution in [0.5, 0.6) is 0 Å². The van der Waals surface area contributed by atoms with Gasteiger partial charge in [-0.05, 0) is 6.08 Å². The maximum atomic E-state index is 5.88. The molecule has 11 heavy (non-hydrogen) atoms. The average molecular weight is 171 g/mol. The maximum Gasteiger partial charge on any atom is 0.148 e. The third kappa shape index (κ3) is 0.903. The van der Waals surface area contributed by atoms with Crippen LogP contribution in [0.15, 0.2) is 6.20 Å². The van der Waals surface area contributed by atoms with E-state index >= 15 is 0 Å². The van der Waals surface area contributed by atoms with Crippen LogP contribution < -0.4 is 5.32 Å². The lowest BCUT2D eigenvalue weighted by atomic mass is 10.2. The highest BCUT2D eigenvalue weighted by Gasteiger charge is 2.18. The molecule has 0 radical (unpaired) electrons. The predicted molar refractivity (Wildman–Crippen MR) is 41.8 cm³/mol. The Morgan fingerprint density at radius 3 is 3.27 bits per heavy atom. The fourth-order valence-electron chi connectivity index (χ4n) is 1.04.